The second kappa shape index (κ2) is 13.0. The van der Waals surface area contributed by atoms with Gasteiger partial charge in [-0.3, -0.25) is 0 Å². The minimum atomic E-state index is -2.71. The van der Waals surface area contributed by atoms with Crippen molar-refractivity contribution in [3.8, 4) is 33.4 Å². The molecule has 0 atom stereocenters. The van der Waals surface area contributed by atoms with Crippen molar-refractivity contribution in [1.29, 1.82) is 0 Å². The number of thiophene rings is 1. The highest BCUT2D eigenvalue weighted by Gasteiger charge is 2.56. The number of para-hydroxylation sites is 1. The molecule has 66 heavy (non-hydrogen) atoms. The molecule has 3 aliphatic heterocycles. The minimum Gasteiger partial charge on any atom is -0.309 e. The molecular weight excluding hydrogens is 831 g/mol. The van der Waals surface area contributed by atoms with Crippen LogP contribution in [0.3, 0.4) is 0 Å². The highest BCUT2D eigenvalue weighted by Crippen LogP contribution is 2.66. The van der Waals surface area contributed by atoms with Crippen LogP contribution in [0.15, 0.2) is 188 Å². The Kier molecular flexibility index (Phi) is 7.56. The smallest absolute Gasteiger partial charge is 0.182 e. The van der Waals surface area contributed by atoms with Crippen molar-refractivity contribution >= 4 is 77.4 Å². The van der Waals surface area contributed by atoms with E-state index in [0.717, 1.165) is 0 Å². The number of rotatable bonds is 1. The fraction of sp³-hybridized carbons (Fsp3) is 0.143. The summed E-state index contributed by atoms with van der Waals surface area (Å²) in [5.74, 6) is 0. The van der Waals surface area contributed by atoms with E-state index >= 15 is 0 Å². The standard InChI is InChI=1S/C63H49NSSi/c1-61(2,3)38-27-30-41-42-31-28-39(62(4,5)6)36-51(42)63(50(41)35-38)48-21-11-12-22-52(48)64(60-49(63)33-34-54-59(60)47-20-7-13-23-53(47)65-54)40-29-32-46-45-19-10-16-26-57(45)66(58(46)37-40)55-24-14-8-17-43(55)44-18-9-15-25-56(44)66/h7-37H,1-6H3. The number of hydrogen-bond acceptors (Lipinski definition) is 2. The number of nitrogens with zero attached hydrogens (tertiary/aromatic N) is 1. The summed E-state index contributed by atoms with van der Waals surface area (Å²) in [6.07, 6.45) is 0. The van der Waals surface area contributed by atoms with Gasteiger partial charge in [0.1, 0.15) is 0 Å². The van der Waals surface area contributed by atoms with Crippen LogP contribution in [0.1, 0.15) is 74.9 Å². The van der Waals surface area contributed by atoms with Gasteiger partial charge >= 0.3 is 0 Å². The predicted octanol–water partition coefficient (Wildman–Crippen LogP) is 14.1. The van der Waals surface area contributed by atoms with Crippen molar-refractivity contribution in [2.24, 2.45) is 0 Å². The summed E-state index contributed by atoms with van der Waals surface area (Å²) in [7, 11) is -2.71. The lowest BCUT2D eigenvalue weighted by atomic mass is 9.63. The molecule has 0 saturated heterocycles. The van der Waals surface area contributed by atoms with E-state index in [2.05, 4.69) is 234 Å². The molecule has 9 aromatic carbocycles. The first-order valence-corrected chi connectivity index (χ1v) is 26.4. The van der Waals surface area contributed by atoms with Crippen LogP contribution in [-0.2, 0) is 16.2 Å². The topological polar surface area (TPSA) is 3.24 Å². The van der Waals surface area contributed by atoms with Gasteiger partial charge in [-0.1, -0.05) is 199 Å². The van der Waals surface area contributed by atoms with E-state index in [-0.39, 0.29) is 10.8 Å². The third kappa shape index (κ3) is 4.70. The quantitative estimate of drug-likeness (QED) is 0.149. The monoisotopic (exact) mass is 879 g/mol. The van der Waals surface area contributed by atoms with Crippen LogP contribution in [0.4, 0.5) is 17.1 Å². The Hall–Kier alpha value is -6.78. The van der Waals surface area contributed by atoms with Gasteiger partial charge in [-0.25, -0.2) is 0 Å². The van der Waals surface area contributed by atoms with E-state index in [9.17, 15) is 0 Å². The Morgan fingerprint density at radius 2 is 0.924 bits per heavy atom. The Balaban J connectivity index is 1.13. The summed E-state index contributed by atoms with van der Waals surface area (Å²) >= 11 is 1.92. The molecule has 2 spiro atoms. The maximum absolute atomic E-state index is 2.71. The Bertz CT molecular complexity index is 3630. The normalized spacial score (nSPS) is 15.3. The minimum absolute atomic E-state index is 0.0303. The maximum Gasteiger partial charge on any atom is 0.182 e. The molecule has 1 nitrogen and oxygen atoms in total. The molecule has 0 bridgehead atoms. The molecule has 0 N–H and O–H groups in total. The SMILES string of the molecule is CC(C)(C)c1ccc2c(c1)C1(c3cc(C(C)(C)C)ccc3-2)c2ccccc2N(c2ccc3c(c2)[Si]2(c4ccccc4-c4ccccc42)c2ccccc2-3)c2c1ccc1sc3ccccc3c21. The molecule has 10 aromatic rings. The molecule has 316 valence electrons. The lowest BCUT2D eigenvalue weighted by molar-refractivity contribution is 0.586. The molecule has 0 amide bonds. The van der Waals surface area contributed by atoms with Crippen molar-refractivity contribution in [2.45, 2.75) is 57.8 Å². The van der Waals surface area contributed by atoms with Gasteiger partial charge in [-0.2, -0.15) is 0 Å². The largest absolute Gasteiger partial charge is 0.309 e. The van der Waals surface area contributed by atoms with Crippen LogP contribution in [0.5, 0.6) is 0 Å². The highest BCUT2D eigenvalue weighted by molar-refractivity contribution is 7.26. The molecule has 0 radical (unpaired) electrons. The maximum atomic E-state index is 2.69. The van der Waals surface area contributed by atoms with Crippen molar-refractivity contribution in [2.75, 3.05) is 4.90 Å². The lowest BCUT2D eigenvalue weighted by Crippen LogP contribution is -2.70. The van der Waals surface area contributed by atoms with E-state index in [1.165, 1.54) is 125 Å². The fourth-order valence-electron chi connectivity index (χ4n) is 12.9. The summed E-state index contributed by atoms with van der Waals surface area (Å²) in [4.78, 5) is 2.69. The molecule has 4 heterocycles. The zero-order valence-electron chi connectivity index (χ0n) is 38.3. The number of anilines is 3. The lowest BCUT2D eigenvalue weighted by Gasteiger charge is -2.46. The van der Waals surface area contributed by atoms with Crippen LogP contribution in [0.2, 0.25) is 0 Å². The van der Waals surface area contributed by atoms with Gasteiger partial charge in [0, 0.05) is 25.9 Å². The van der Waals surface area contributed by atoms with E-state index in [1.807, 2.05) is 11.3 Å². The van der Waals surface area contributed by atoms with Gasteiger partial charge < -0.3 is 4.90 Å². The van der Waals surface area contributed by atoms with Crippen molar-refractivity contribution in [3.63, 3.8) is 0 Å². The van der Waals surface area contributed by atoms with Gasteiger partial charge in [0.15, 0.2) is 8.07 Å². The van der Waals surface area contributed by atoms with Crippen LogP contribution in [0, 0.1) is 0 Å². The Morgan fingerprint density at radius 1 is 0.409 bits per heavy atom. The van der Waals surface area contributed by atoms with Crippen molar-refractivity contribution < 1.29 is 0 Å². The third-order valence-corrected chi connectivity index (χ3v) is 21.9. The average molecular weight is 880 g/mol. The van der Waals surface area contributed by atoms with Gasteiger partial charge in [0.25, 0.3) is 0 Å². The van der Waals surface area contributed by atoms with E-state index in [1.54, 1.807) is 0 Å². The van der Waals surface area contributed by atoms with Gasteiger partial charge in [0.2, 0.25) is 0 Å². The second-order valence-corrected chi connectivity index (χ2v) is 25.9. The van der Waals surface area contributed by atoms with Gasteiger partial charge in [0.05, 0.1) is 16.8 Å². The van der Waals surface area contributed by atoms with Crippen LogP contribution >= 0.6 is 11.3 Å². The van der Waals surface area contributed by atoms with Crippen LogP contribution in [0.25, 0.3) is 53.6 Å². The van der Waals surface area contributed by atoms with Gasteiger partial charge in [-0.15, -0.1) is 11.3 Å². The summed E-state index contributed by atoms with van der Waals surface area (Å²) in [6.45, 7) is 14.1. The highest BCUT2D eigenvalue weighted by atomic mass is 32.1. The molecule has 0 saturated carbocycles. The predicted molar refractivity (Wildman–Crippen MR) is 284 cm³/mol. The summed E-state index contributed by atoms with van der Waals surface area (Å²) in [5, 5.41) is 8.65. The third-order valence-electron chi connectivity index (χ3n) is 15.8. The molecular formula is C63H49NSSi. The van der Waals surface area contributed by atoms with E-state index in [4.69, 9.17) is 0 Å². The molecule has 1 aliphatic carbocycles. The Labute approximate surface area is 392 Å². The number of hydrogen-bond donors (Lipinski definition) is 0. The zero-order valence-corrected chi connectivity index (χ0v) is 40.1. The first-order valence-electron chi connectivity index (χ1n) is 23.6. The van der Waals surface area contributed by atoms with Crippen molar-refractivity contribution in [1.82, 2.24) is 0 Å². The fourth-order valence-corrected chi connectivity index (χ4v) is 19.7. The van der Waals surface area contributed by atoms with Crippen molar-refractivity contribution in [3.05, 3.63) is 221 Å². The molecule has 4 aliphatic rings. The number of fused-ring (bicyclic) bond motifs is 23. The van der Waals surface area contributed by atoms with Gasteiger partial charge in [-0.05, 0) is 129 Å². The van der Waals surface area contributed by atoms with E-state index in [0.29, 0.717) is 0 Å². The van der Waals surface area contributed by atoms with Crippen LogP contribution in [-0.4, -0.2) is 8.07 Å². The van der Waals surface area contributed by atoms with E-state index < -0.39 is 13.5 Å². The summed E-state index contributed by atoms with van der Waals surface area (Å²) in [6, 6.07) is 73.8. The molecule has 1 aromatic heterocycles. The first-order chi connectivity index (χ1) is 32.0. The Morgan fingerprint density at radius 3 is 1.53 bits per heavy atom. The zero-order chi connectivity index (χ0) is 44.5. The second-order valence-electron chi connectivity index (χ2n) is 21.2. The average Bonchev–Trinajstić information content (AvgIpc) is 4.04. The molecule has 14 rings (SSSR count). The molecule has 3 heteroatoms. The molecule has 0 unspecified atom stereocenters. The van der Waals surface area contributed by atoms with Crippen LogP contribution < -0.4 is 25.6 Å². The number of benzene rings is 9. The summed E-state index contributed by atoms with van der Waals surface area (Å²) < 4.78 is 2.64. The summed E-state index contributed by atoms with van der Waals surface area (Å²) in [5.41, 5.74) is 19.5. The first kappa shape index (κ1) is 38.5. The molecule has 0 fully saturated rings.